The summed E-state index contributed by atoms with van der Waals surface area (Å²) in [7, 11) is 0. The molecule has 1 aromatic carbocycles. The van der Waals surface area contributed by atoms with Gasteiger partial charge in [-0.2, -0.15) is 0 Å². The molecule has 1 amide bonds. The van der Waals surface area contributed by atoms with Crippen molar-refractivity contribution in [3.8, 4) is 0 Å². The third-order valence-electron chi connectivity index (χ3n) is 4.11. The van der Waals surface area contributed by atoms with Crippen LogP contribution in [0.3, 0.4) is 0 Å². The van der Waals surface area contributed by atoms with Crippen LogP contribution in [0.15, 0.2) is 24.3 Å². The second-order valence-electron chi connectivity index (χ2n) is 5.94. The Kier molecular flexibility index (Phi) is 5.86. The van der Waals surface area contributed by atoms with Crippen LogP contribution in [0.5, 0.6) is 0 Å². The molecule has 24 heavy (non-hydrogen) atoms. The summed E-state index contributed by atoms with van der Waals surface area (Å²) in [5.41, 5.74) is -0.0950. The number of carbonyl (C=O) groups excluding carboxylic acids is 1. The third-order valence-corrected chi connectivity index (χ3v) is 4.11. The van der Waals surface area contributed by atoms with Crippen molar-refractivity contribution in [3.05, 3.63) is 39.9 Å². The first-order valence-corrected chi connectivity index (χ1v) is 7.74. The van der Waals surface area contributed by atoms with E-state index >= 15 is 0 Å². The molecule has 0 saturated carbocycles. The summed E-state index contributed by atoms with van der Waals surface area (Å²) in [6.45, 7) is 0.830. The van der Waals surface area contributed by atoms with Gasteiger partial charge in [0.15, 0.2) is 0 Å². The molecular weight excluding hydrogens is 316 g/mol. The summed E-state index contributed by atoms with van der Waals surface area (Å²) in [6.07, 6.45) is 1.28. The lowest BCUT2D eigenvalue weighted by molar-refractivity contribution is -0.384. The molecular formula is C16H20N2O6. The van der Waals surface area contributed by atoms with Crippen LogP contribution in [-0.4, -0.2) is 40.7 Å². The number of carboxylic acid groups (broad SMARTS) is 1. The summed E-state index contributed by atoms with van der Waals surface area (Å²) in [5.74, 6) is -1.22. The molecule has 0 unspecified atom stereocenters. The molecule has 1 aromatic rings. The lowest BCUT2D eigenvalue weighted by atomic mass is 9.86. The average molecular weight is 336 g/mol. The van der Waals surface area contributed by atoms with Crippen molar-refractivity contribution in [1.82, 2.24) is 5.32 Å². The summed E-state index contributed by atoms with van der Waals surface area (Å²) >= 11 is 0. The summed E-state index contributed by atoms with van der Waals surface area (Å²) in [6, 6.07) is 6.14. The first-order chi connectivity index (χ1) is 11.4. The van der Waals surface area contributed by atoms with Crippen LogP contribution in [-0.2, 0) is 20.7 Å². The van der Waals surface area contributed by atoms with Crippen molar-refractivity contribution < 1.29 is 24.4 Å². The monoisotopic (exact) mass is 336 g/mol. The molecule has 0 radical (unpaired) electrons. The Bertz CT molecular complexity index is 625. The van der Waals surface area contributed by atoms with Crippen LogP contribution in [0.1, 0.15) is 31.2 Å². The third kappa shape index (κ3) is 5.02. The number of aryl methyl sites for hydroxylation is 1. The smallest absolute Gasteiger partial charge is 0.305 e. The van der Waals surface area contributed by atoms with Crippen molar-refractivity contribution in [2.75, 3.05) is 13.2 Å². The highest BCUT2D eigenvalue weighted by Gasteiger charge is 2.36. The zero-order valence-corrected chi connectivity index (χ0v) is 13.2. The maximum Gasteiger partial charge on any atom is 0.305 e. The highest BCUT2D eigenvalue weighted by Crippen LogP contribution is 2.25. The topological polar surface area (TPSA) is 119 Å². The van der Waals surface area contributed by atoms with Gasteiger partial charge in [0, 0.05) is 31.8 Å². The molecule has 1 fully saturated rings. The zero-order chi connectivity index (χ0) is 17.6. The van der Waals surface area contributed by atoms with Crippen molar-refractivity contribution in [2.24, 2.45) is 0 Å². The number of nitrogens with one attached hydrogen (secondary N) is 1. The van der Waals surface area contributed by atoms with Gasteiger partial charge in [-0.1, -0.05) is 12.1 Å². The summed E-state index contributed by atoms with van der Waals surface area (Å²) < 4.78 is 5.24. The van der Waals surface area contributed by atoms with E-state index in [1.807, 2.05) is 0 Å². The van der Waals surface area contributed by atoms with Crippen LogP contribution in [0.4, 0.5) is 5.69 Å². The van der Waals surface area contributed by atoms with Gasteiger partial charge >= 0.3 is 5.97 Å². The highest BCUT2D eigenvalue weighted by atomic mass is 16.6. The standard InChI is InChI=1S/C16H20N2O6/c19-14(5-4-12-2-1-3-13(10-12)18(22)23)17-16(11-15(20)21)6-8-24-9-7-16/h1-3,10H,4-9,11H2,(H,17,19)(H,20,21). The Morgan fingerprint density at radius 2 is 2.04 bits per heavy atom. The first kappa shape index (κ1) is 17.9. The first-order valence-electron chi connectivity index (χ1n) is 7.74. The number of hydrogen-bond donors (Lipinski definition) is 2. The van der Waals surface area contributed by atoms with Gasteiger partial charge in [-0.3, -0.25) is 19.7 Å². The largest absolute Gasteiger partial charge is 0.481 e. The maximum atomic E-state index is 12.2. The fourth-order valence-corrected chi connectivity index (χ4v) is 2.84. The number of nitrogens with zero attached hydrogens (tertiary/aromatic N) is 1. The van der Waals surface area contributed by atoms with Crippen molar-refractivity contribution >= 4 is 17.6 Å². The molecule has 0 aliphatic carbocycles. The Morgan fingerprint density at radius 3 is 2.67 bits per heavy atom. The molecule has 0 aromatic heterocycles. The van der Waals surface area contributed by atoms with Crippen molar-refractivity contribution in [2.45, 2.75) is 37.6 Å². The Morgan fingerprint density at radius 1 is 1.33 bits per heavy atom. The molecule has 1 aliphatic heterocycles. The van der Waals surface area contributed by atoms with Gasteiger partial charge in [0.1, 0.15) is 0 Å². The molecule has 8 heteroatoms. The number of nitro groups is 1. The molecule has 1 aliphatic rings. The van der Waals surface area contributed by atoms with Crippen molar-refractivity contribution in [3.63, 3.8) is 0 Å². The maximum absolute atomic E-state index is 12.2. The van der Waals surface area contributed by atoms with Gasteiger partial charge in [0.05, 0.1) is 16.9 Å². The van der Waals surface area contributed by atoms with Crippen molar-refractivity contribution in [1.29, 1.82) is 0 Å². The van der Waals surface area contributed by atoms with Crippen LogP contribution in [0, 0.1) is 10.1 Å². The predicted octanol–water partition coefficient (Wildman–Crippen LogP) is 1.67. The van der Waals surface area contributed by atoms with E-state index in [1.165, 1.54) is 12.1 Å². The van der Waals surface area contributed by atoms with E-state index in [2.05, 4.69) is 5.32 Å². The van der Waals surface area contributed by atoms with E-state index in [9.17, 15) is 19.7 Å². The van der Waals surface area contributed by atoms with Gasteiger partial charge < -0.3 is 15.2 Å². The van der Waals surface area contributed by atoms with Gasteiger partial charge in [0.25, 0.3) is 5.69 Å². The van der Waals surface area contributed by atoms with E-state index in [0.29, 0.717) is 38.0 Å². The quantitative estimate of drug-likeness (QED) is 0.577. The number of hydrogen-bond acceptors (Lipinski definition) is 5. The predicted molar refractivity (Wildman–Crippen MR) is 84.6 cm³/mol. The average Bonchev–Trinajstić information content (AvgIpc) is 2.53. The molecule has 2 rings (SSSR count). The lowest BCUT2D eigenvalue weighted by Crippen LogP contribution is -2.53. The number of amides is 1. The zero-order valence-electron chi connectivity index (χ0n) is 13.2. The van der Waals surface area contributed by atoms with Gasteiger partial charge in [-0.25, -0.2) is 0 Å². The SMILES string of the molecule is O=C(O)CC1(NC(=O)CCc2cccc([N+](=O)[O-])c2)CCOCC1. The molecule has 0 bridgehead atoms. The fourth-order valence-electron chi connectivity index (χ4n) is 2.84. The number of aliphatic carboxylic acids is 1. The minimum Gasteiger partial charge on any atom is -0.481 e. The Hall–Kier alpha value is -2.48. The van der Waals surface area contributed by atoms with E-state index < -0.39 is 16.4 Å². The number of carbonyl (C=O) groups is 2. The minimum atomic E-state index is -0.962. The summed E-state index contributed by atoms with van der Waals surface area (Å²) in [5, 5.41) is 22.7. The minimum absolute atomic E-state index is 0.0142. The van der Waals surface area contributed by atoms with Gasteiger partial charge in [-0.15, -0.1) is 0 Å². The number of carboxylic acids is 1. The normalized spacial score (nSPS) is 16.3. The van der Waals surface area contributed by atoms with Crippen LogP contribution in [0.2, 0.25) is 0 Å². The molecule has 2 N–H and O–H groups in total. The molecule has 130 valence electrons. The van der Waals surface area contributed by atoms with E-state index in [0.717, 1.165) is 0 Å². The van der Waals surface area contributed by atoms with Crippen LogP contribution >= 0.6 is 0 Å². The Labute approximate surface area is 139 Å². The number of non-ortho nitro benzene ring substituents is 1. The second-order valence-corrected chi connectivity index (χ2v) is 5.94. The van der Waals surface area contributed by atoms with Crippen LogP contribution < -0.4 is 5.32 Å². The lowest BCUT2D eigenvalue weighted by Gasteiger charge is -2.36. The number of rotatable bonds is 7. The van der Waals surface area contributed by atoms with Gasteiger partial charge in [-0.05, 0) is 24.8 Å². The Balaban J connectivity index is 1.94. The van der Waals surface area contributed by atoms with Crippen LogP contribution in [0.25, 0.3) is 0 Å². The highest BCUT2D eigenvalue weighted by molar-refractivity contribution is 5.78. The molecule has 0 atom stereocenters. The summed E-state index contributed by atoms with van der Waals surface area (Å²) in [4.78, 5) is 33.6. The number of nitro benzene ring substituents is 1. The fraction of sp³-hybridized carbons (Fsp3) is 0.500. The molecule has 1 heterocycles. The van der Waals surface area contributed by atoms with E-state index in [4.69, 9.17) is 9.84 Å². The second kappa shape index (κ2) is 7.87. The number of benzene rings is 1. The molecule has 8 nitrogen and oxygen atoms in total. The number of ether oxygens (including phenoxy) is 1. The van der Waals surface area contributed by atoms with E-state index in [1.54, 1.807) is 12.1 Å². The van der Waals surface area contributed by atoms with Gasteiger partial charge in [0.2, 0.25) is 5.91 Å². The van der Waals surface area contributed by atoms with E-state index in [-0.39, 0.29) is 24.4 Å². The molecule has 1 saturated heterocycles. The molecule has 0 spiro atoms.